The van der Waals surface area contributed by atoms with Gasteiger partial charge >= 0.3 is 0 Å². The molecule has 3 aromatic carbocycles. The molecule has 1 heterocycles. The van der Waals surface area contributed by atoms with E-state index in [0.29, 0.717) is 19.6 Å². The summed E-state index contributed by atoms with van der Waals surface area (Å²) in [5, 5.41) is 12.7. The van der Waals surface area contributed by atoms with Crippen molar-refractivity contribution in [1.82, 2.24) is 15.1 Å². The molecule has 0 unspecified atom stereocenters. The van der Waals surface area contributed by atoms with Gasteiger partial charge in [-0.15, -0.1) is 0 Å². The molecule has 0 radical (unpaired) electrons. The van der Waals surface area contributed by atoms with Crippen molar-refractivity contribution in [3.05, 3.63) is 118 Å². The first-order valence-electron chi connectivity index (χ1n) is 11.9. The van der Waals surface area contributed by atoms with E-state index in [4.69, 9.17) is 0 Å². The molecule has 1 fully saturated rings. The van der Waals surface area contributed by atoms with Crippen LogP contribution in [0.5, 0.6) is 0 Å². The van der Waals surface area contributed by atoms with Crippen LogP contribution < -0.4 is 5.32 Å². The van der Waals surface area contributed by atoms with Crippen LogP contribution in [-0.4, -0.2) is 48.4 Å². The first-order chi connectivity index (χ1) is 17.2. The molecular weight excluding hydrogens is 500 g/mol. The minimum absolute atomic E-state index is 0.139. The van der Waals surface area contributed by atoms with Crippen molar-refractivity contribution < 1.29 is 4.79 Å². The zero-order chi connectivity index (χ0) is 24.5. The molecule has 1 aliphatic rings. The van der Waals surface area contributed by atoms with Gasteiger partial charge in [0, 0.05) is 43.4 Å². The van der Waals surface area contributed by atoms with Crippen molar-refractivity contribution in [3.8, 4) is 6.07 Å². The summed E-state index contributed by atoms with van der Waals surface area (Å²) in [5.74, 6) is -0.212. The Morgan fingerprint density at radius 1 is 0.914 bits per heavy atom. The van der Waals surface area contributed by atoms with Crippen molar-refractivity contribution in [3.63, 3.8) is 0 Å². The van der Waals surface area contributed by atoms with Crippen LogP contribution in [0.15, 0.2) is 101 Å². The van der Waals surface area contributed by atoms with Crippen molar-refractivity contribution >= 4 is 21.8 Å². The zero-order valence-corrected chi connectivity index (χ0v) is 21.2. The van der Waals surface area contributed by atoms with E-state index in [0.717, 1.165) is 24.0 Å². The van der Waals surface area contributed by atoms with E-state index < -0.39 is 0 Å². The summed E-state index contributed by atoms with van der Waals surface area (Å²) < 4.78 is 1.06. The highest BCUT2D eigenvalue weighted by atomic mass is 79.9. The summed E-state index contributed by atoms with van der Waals surface area (Å²) in [6.45, 7) is 3.31. The summed E-state index contributed by atoms with van der Waals surface area (Å²) in [5.41, 5.74) is 3.81. The Labute approximate surface area is 215 Å². The molecule has 6 heteroatoms. The van der Waals surface area contributed by atoms with Gasteiger partial charge < -0.3 is 10.2 Å². The minimum Gasteiger partial charge on any atom is -0.389 e. The molecule has 0 aliphatic carbocycles. The van der Waals surface area contributed by atoms with Crippen LogP contribution in [0.1, 0.15) is 22.7 Å². The SMILES string of the molecule is N#C/C(=C/NCCc1ccccc1Br)C(=O)N1CCN(C(c2ccccc2)c2ccccc2)CC1. The Balaban J connectivity index is 1.36. The molecule has 1 amide bonds. The molecule has 4 rings (SSSR count). The molecular formula is C29H29BrN4O. The van der Waals surface area contributed by atoms with Gasteiger partial charge in [0.25, 0.3) is 5.91 Å². The van der Waals surface area contributed by atoms with Crippen molar-refractivity contribution in [2.75, 3.05) is 32.7 Å². The summed E-state index contributed by atoms with van der Waals surface area (Å²) in [6, 6.07) is 31.2. The number of hydrogen-bond donors (Lipinski definition) is 1. The van der Waals surface area contributed by atoms with Crippen LogP contribution in [0.3, 0.4) is 0 Å². The Bertz CT molecular complexity index is 1140. The highest BCUT2D eigenvalue weighted by Crippen LogP contribution is 2.29. The third-order valence-corrected chi connectivity index (χ3v) is 7.06. The van der Waals surface area contributed by atoms with Crippen LogP contribution in [0.4, 0.5) is 0 Å². The van der Waals surface area contributed by atoms with Gasteiger partial charge in [0.05, 0.1) is 6.04 Å². The van der Waals surface area contributed by atoms with Crippen LogP contribution in [0.2, 0.25) is 0 Å². The van der Waals surface area contributed by atoms with Gasteiger partial charge in [-0.25, -0.2) is 0 Å². The first-order valence-corrected chi connectivity index (χ1v) is 12.7. The molecule has 5 nitrogen and oxygen atoms in total. The number of amides is 1. The van der Waals surface area contributed by atoms with Crippen molar-refractivity contribution in [2.24, 2.45) is 0 Å². The second-order valence-electron chi connectivity index (χ2n) is 8.52. The van der Waals surface area contributed by atoms with Gasteiger partial charge in [-0.3, -0.25) is 9.69 Å². The van der Waals surface area contributed by atoms with Gasteiger partial charge in [-0.2, -0.15) is 5.26 Å². The number of nitrogens with zero attached hydrogens (tertiary/aromatic N) is 3. The molecule has 178 valence electrons. The average Bonchev–Trinajstić information content (AvgIpc) is 2.91. The van der Waals surface area contributed by atoms with Gasteiger partial charge in [-0.05, 0) is 29.2 Å². The summed E-state index contributed by atoms with van der Waals surface area (Å²) in [6.07, 6.45) is 2.35. The van der Waals surface area contributed by atoms with Crippen molar-refractivity contribution in [1.29, 1.82) is 5.26 Å². The number of piperazine rings is 1. The normalized spacial score (nSPS) is 14.5. The quantitative estimate of drug-likeness (QED) is 0.256. The number of nitrogens with one attached hydrogen (secondary N) is 1. The van der Waals surface area contributed by atoms with E-state index in [1.165, 1.54) is 16.7 Å². The molecule has 0 saturated carbocycles. The summed E-state index contributed by atoms with van der Waals surface area (Å²) in [7, 11) is 0. The monoisotopic (exact) mass is 528 g/mol. The maximum absolute atomic E-state index is 13.0. The Kier molecular flexibility index (Phi) is 8.72. The fourth-order valence-electron chi connectivity index (χ4n) is 4.46. The van der Waals surface area contributed by atoms with E-state index in [-0.39, 0.29) is 17.5 Å². The largest absolute Gasteiger partial charge is 0.389 e. The topological polar surface area (TPSA) is 59.4 Å². The summed E-state index contributed by atoms with van der Waals surface area (Å²) in [4.78, 5) is 17.2. The number of hydrogen-bond acceptors (Lipinski definition) is 4. The van der Waals surface area contributed by atoms with Crippen LogP contribution >= 0.6 is 15.9 Å². The number of carbonyl (C=O) groups is 1. The maximum Gasteiger partial charge on any atom is 0.266 e. The fraction of sp³-hybridized carbons (Fsp3) is 0.241. The minimum atomic E-state index is -0.212. The number of benzene rings is 3. The lowest BCUT2D eigenvalue weighted by atomic mass is 9.96. The van der Waals surface area contributed by atoms with Gasteiger partial charge in [0.2, 0.25) is 0 Å². The fourth-order valence-corrected chi connectivity index (χ4v) is 4.95. The molecule has 0 spiro atoms. The Hall–Kier alpha value is -3.40. The van der Waals surface area contributed by atoms with Gasteiger partial charge in [-0.1, -0.05) is 94.8 Å². The predicted molar refractivity (Wildman–Crippen MR) is 142 cm³/mol. The van der Waals surface area contributed by atoms with E-state index in [1.807, 2.05) is 30.3 Å². The van der Waals surface area contributed by atoms with Crippen molar-refractivity contribution in [2.45, 2.75) is 12.5 Å². The third kappa shape index (κ3) is 6.39. The molecule has 1 aliphatic heterocycles. The highest BCUT2D eigenvalue weighted by molar-refractivity contribution is 9.10. The number of halogens is 1. The van der Waals surface area contributed by atoms with E-state index in [9.17, 15) is 10.1 Å². The standard InChI is InChI=1S/C29H29BrN4O/c30-27-14-8-7-9-23(27)15-16-32-22-26(21-31)29(35)34-19-17-33(18-20-34)28(24-10-3-1-4-11-24)25-12-5-2-6-13-25/h1-14,22,28,32H,15-20H2/b26-22-. The number of rotatable bonds is 8. The average molecular weight is 529 g/mol. The molecule has 1 N–H and O–H groups in total. The first kappa shape index (κ1) is 24.7. The third-order valence-electron chi connectivity index (χ3n) is 6.29. The van der Waals surface area contributed by atoms with E-state index in [1.54, 1.807) is 11.1 Å². The Morgan fingerprint density at radius 2 is 1.49 bits per heavy atom. The number of nitriles is 1. The molecule has 0 aromatic heterocycles. The van der Waals surface area contributed by atoms with Crippen LogP contribution in [-0.2, 0) is 11.2 Å². The molecule has 35 heavy (non-hydrogen) atoms. The lowest BCUT2D eigenvalue weighted by Crippen LogP contribution is -2.50. The second kappa shape index (κ2) is 12.3. The molecule has 1 saturated heterocycles. The number of carbonyl (C=O) groups excluding carboxylic acids is 1. The van der Waals surface area contributed by atoms with Crippen LogP contribution in [0.25, 0.3) is 0 Å². The van der Waals surface area contributed by atoms with Gasteiger partial charge in [0.15, 0.2) is 0 Å². The Morgan fingerprint density at radius 3 is 2.06 bits per heavy atom. The lowest BCUT2D eigenvalue weighted by Gasteiger charge is -2.39. The second-order valence-corrected chi connectivity index (χ2v) is 9.37. The van der Waals surface area contributed by atoms with Crippen LogP contribution in [0, 0.1) is 11.3 Å². The van der Waals surface area contributed by atoms with Gasteiger partial charge in [0.1, 0.15) is 11.6 Å². The molecule has 3 aromatic rings. The van der Waals surface area contributed by atoms with E-state index in [2.05, 4.69) is 86.8 Å². The molecule has 0 atom stereocenters. The summed E-state index contributed by atoms with van der Waals surface area (Å²) >= 11 is 3.55. The lowest BCUT2D eigenvalue weighted by molar-refractivity contribution is -0.128. The van der Waals surface area contributed by atoms with E-state index >= 15 is 0 Å². The predicted octanol–water partition coefficient (Wildman–Crippen LogP) is 4.92. The molecule has 0 bridgehead atoms. The smallest absolute Gasteiger partial charge is 0.266 e. The maximum atomic E-state index is 13.0. The highest BCUT2D eigenvalue weighted by Gasteiger charge is 2.29. The zero-order valence-electron chi connectivity index (χ0n) is 19.6.